The molecule has 0 heterocycles. The zero-order chi connectivity index (χ0) is 14.2. The Balaban J connectivity index is 2.20. The van der Waals surface area contributed by atoms with Gasteiger partial charge in [0, 0.05) is 13.5 Å². The smallest absolute Gasteiger partial charge is 0.410 e. The number of carbonyl (C=O) groups excluding carboxylic acids is 1. The van der Waals surface area contributed by atoms with Crippen molar-refractivity contribution in [1.82, 2.24) is 4.90 Å². The van der Waals surface area contributed by atoms with Crippen LogP contribution in [0.5, 0.6) is 0 Å². The van der Waals surface area contributed by atoms with Crippen LogP contribution in [0.4, 0.5) is 4.79 Å². The summed E-state index contributed by atoms with van der Waals surface area (Å²) in [4.78, 5) is 13.6. The predicted molar refractivity (Wildman–Crippen MR) is 72.9 cm³/mol. The van der Waals surface area contributed by atoms with E-state index in [0.29, 0.717) is 6.42 Å². The Kier molecular flexibility index (Phi) is 3.54. The van der Waals surface area contributed by atoms with Gasteiger partial charge in [0.2, 0.25) is 0 Å². The number of rotatable bonds is 1. The van der Waals surface area contributed by atoms with E-state index >= 15 is 0 Å². The molecule has 0 saturated carbocycles. The molecule has 0 saturated heterocycles. The first kappa shape index (κ1) is 13.9. The summed E-state index contributed by atoms with van der Waals surface area (Å²) in [5.41, 5.74) is 1.56. The fourth-order valence-electron chi connectivity index (χ4n) is 2.47. The second-order valence-electron chi connectivity index (χ2n) is 6.01. The van der Waals surface area contributed by atoms with Gasteiger partial charge >= 0.3 is 6.09 Å². The number of amides is 1. The average molecular weight is 263 g/mol. The molecule has 1 N–H and O–H groups in total. The highest BCUT2D eigenvalue weighted by Gasteiger charge is 2.37. The molecule has 2 atom stereocenters. The van der Waals surface area contributed by atoms with Crippen LogP contribution in [0.15, 0.2) is 24.3 Å². The largest absolute Gasteiger partial charge is 0.444 e. The molecular formula is C15H21NO3. The summed E-state index contributed by atoms with van der Waals surface area (Å²) in [6, 6.07) is 7.48. The summed E-state index contributed by atoms with van der Waals surface area (Å²) in [5.74, 6) is 0. The minimum atomic E-state index is -0.574. The number of nitrogens with zero attached hydrogens (tertiary/aromatic N) is 1. The van der Waals surface area contributed by atoms with Crippen molar-refractivity contribution in [2.75, 3.05) is 7.05 Å². The van der Waals surface area contributed by atoms with Crippen LogP contribution in [0.2, 0.25) is 0 Å². The van der Waals surface area contributed by atoms with Crippen LogP contribution in [0.1, 0.15) is 37.9 Å². The summed E-state index contributed by atoms with van der Waals surface area (Å²) in [6.45, 7) is 5.49. The molecule has 1 aromatic rings. The van der Waals surface area contributed by atoms with Gasteiger partial charge in [0.25, 0.3) is 0 Å². The number of likely N-dealkylation sites (N-methyl/N-ethyl adjacent to an activating group) is 1. The summed E-state index contributed by atoms with van der Waals surface area (Å²) < 4.78 is 5.35. The zero-order valence-electron chi connectivity index (χ0n) is 11.9. The predicted octanol–water partition coefficient (Wildman–Crippen LogP) is 2.51. The van der Waals surface area contributed by atoms with Crippen molar-refractivity contribution in [1.29, 1.82) is 0 Å². The Morgan fingerprint density at radius 1 is 1.37 bits per heavy atom. The summed E-state index contributed by atoms with van der Waals surface area (Å²) in [7, 11) is 1.67. The van der Waals surface area contributed by atoms with Gasteiger partial charge in [-0.15, -0.1) is 0 Å². The molecule has 104 valence electrons. The SMILES string of the molecule is CN(C(=O)OC(C)(C)C)[C@@H]1c2ccccc2C[C@@H]1O. The monoisotopic (exact) mass is 263 g/mol. The lowest BCUT2D eigenvalue weighted by Crippen LogP contribution is -2.39. The maximum Gasteiger partial charge on any atom is 0.410 e. The van der Waals surface area contributed by atoms with E-state index < -0.39 is 17.8 Å². The topological polar surface area (TPSA) is 49.8 Å². The first-order chi connectivity index (χ1) is 8.79. The number of hydrogen-bond donors (Lipinski definition) is 1. The van der Waals surface area contributed by atoms with E-state index in [-0.39, 0.29) is 6.04 Å². The number of aliphatic hydroxyl groups is 1. The van der Waals surface area contributed by atoms with Crippen molar-refractivity contribution in [3.05, 3.63) is 35.4 Å². The minimum absolute atomic E-state index is 0.328. The normalized spacial score (nSPS) is 21.9. The number of ether oxygens (including phenoxy) is 1. The number of fused-ring (bicyclic) bond motifs is 1. The van der Waals surface area contributed by atoms with Crippen LogP contribution >= 0.6 is 0 Å². The van der Waals surface area contributed by atoms with Gasteiger partial charge < -0.3 is 14.7 Å². The van der Waals surface area contributed by atoms with Gasteiger partial charge in [0.15, 0.2) is 0 Å². The lowest BCUT2D eigenvalue weighted by atomic mass is 10.1. The molecule has 1 aliphatic rings. The van der Waals surface area contributed by atoms with Crippen molar-refractivity contribution >= 4 is 6.09 Å². The first-order valence-corrected chi connectivity index (χ1v) is 6.51. The number of hydrogen-bond acceptors (Lipinski definition) is 3. The molecule has 0 spiro atoms. The van der Waals surface area contributed by atoms with Gasteiger partial charge in [-0.05, 0) is 31.9 Å². The van der Waals surface area contributed by atoms with Gasteiger partial charge in [0.1, 0.15) is 5.60 Å². The van der Waals surface area contributed by atoms with Gasteiger partial charge in [0.05, 0.1) is 12.1 Å². The summed E-state index contributed by atoms with van der Waals surface area (Å²) in [6.07, 6.45) is -0.406. The maximum atomic E-state index is 12.1. The van der Waals surface area contributed by atoms with Crippen molar-refractivity contribution < 1.29 is 14.6 Å². The molecule has 2 rings (SSSR count). The Labute approximate surface area is 114 Å². The molecular weight excluding hydrogens is 242 g/mol. The van der Waals surface area contributed by atoms with Crippen LogP contribution in [-0.4, -0.2) is 34.9 Å². The van der Waals surface area contributed by atoms with E-state index in [0.717, 1.165) is 11.1 Å². The number of benzene rings is 1. The molecule has 19 heavy (non-hydrogen) atoms. The summed E-state index contributed by atoms with van der Waals surface area (Å²) >= 11 is 0. The Bertz CT molecular complexity index is 479. The number of carbonyl (C=O) groups is 1. The van der Waals surface area contributed by atoms with Gasteiger partial charge in [-0.25, -0.2) is 4.79 Å². The zero-order valence-corrected chi connectivity index (χ0v) is 11.9. The molecule has 1 amide bonds. The first-order valence-electron chi connectivity index (χ1n) is 6.51. The highest BCUT2D eigenvalue weighted by molar-refractivity contribution is 5.69. The fraction of sp³-hybridized carbons (Fsp3) is 0.533. The second kappa shape index (κ2) is 4.85. The molecule has 0 bridgehead atoms. The van der Waals surface area contributed by atoms with E-state index in [1.54, 1.807) is 7.05 Å². The molecule has 0 aliphatic heterocycles. The number of aliphatic hydroxyl groups excluding tert-OH is 1. The Hall–Kier alpha value is -1.55. The summed E-state index contributed by atoms with van der Waals surface area (Å²) in [5, 5.41) is 10.2. The molecule has 0 radical (unpaired) electrons. The second-order valence-corrected chi connectivity index (χ2v) is 6.01. The molecule has 0 fully saturated rings. The molecule has 1 aromatic carbocycles. The van der Waals surface area contributed by atoms with E-state index in [1.165, 1.54) is 4.90 Å². The fourth-order valence-corrected chi connectivity index (χ4v) is 2.47. The molecule has 0 aromatic heterocycles. The molecule has 4 nitrogen and oxygen atoms in total. The molecule has 1 aliphatic carbocycles. The maximum absolute atomic E-state index is 12.1. The van der Waals surface area contributed by atoms with Crippen LogP contribution in [-0.2, 0) is 11.2 Å². The van der Waals surface area contributed by atoms with Crippen molar-refractivity contribution in [3.63, 3.8) is 0 Å². The van der Waals surface area contributed by atoms with Crippen molar-refractivity contribution in [3.8, 4) is 0 Å². The lowest BCUT2D eigenvalue weighted by molar-refractivity contribution is 0.00532. The highest BCUT2D eigenvalue weighted by Crippen LogP contribution is 2.35. The third-order valence-electron chi connectivity index (χ3n) is 3.27. The van der Waals surface area contributed by atoms with E-state index in [9.17, 15) is 9.90 Å². The Morgan fingerprint density at radius 2 is 2.00 bits per heavy atom. The van der Waals surface area contributed by atoms with E-state index in [1.807, 2.05) is 45.0 Å². The molecule has 4 heteroatoms. The molecule has 0 unspecified atom stereocenters. The third-order valence-corrected chi connectivity index (χ3v) is 3.27. The highest BCUT2D eigenvalue weighted by atomic mass is 16.6. The van der Waals surface area contributed by atoms with Gasteiger partial charge in [-0.3, -0.25) is 0 Å². The van der Waals surface area contributed by atoms with Gasteiger partial charge in [-0.1, -0.05) is 24.3 Å². The standard InChI is InChI=1S/C15H21NO3/c1-15(2,3)19-14(18)16(4)13-11-8-6-5-7-10(11)9-12(13)17/h5-8,12-13,17H,9H2,1-4H3/t12-,13+/m0/s1. The van der Waals surface area contributed by atoms with E-state index in [4.69, 9.17) is 4.74 Å². The third kappa shape index (κ3) is 2.89. The van der Waals surface area contributed by atoms with E-state index in [2.05, 4.69) is 0 Å². The van der Waals surface area contributed by atoms with Crippen LogP contribution in [0.3, 0.4) is 0 Å². The minimum Gasteiger partial charge on any atom is -0.444 e. The Morgan fingerprint density at radius 3 is 2.63 bits per heavy atom. The van der Waals surface area contributed by atoms with Gasteiger partial charge in [-0.2, -0.15) is 0 Å². The van der Waals surface area contributed by atoms with Crippen LogP contribution in [0, 0.1) is 0 Å². The van der Waals surface area contributed by atoms with Crippen molar-refractivity contribution in [2.45, 2.75) is 44.9 Å². The lowest BCUT2D eigenvalue weighted by Gasteiger charge is -2.30. The van der Waals surface area contributed by atoms with Crippen LogP contribution in [0.25, 0.3) is 0 Å². The van der Waals surface area contributed by atoms with Crippen LogP contribution < -0.4 is 0 Å². The van der Waals surface area contributed by atoms with Crippen molar-refractivity contribution in [2.24, 2.45) is 0 Å². The average Bonchev–Trinajstić information content (AvgIpc) is 2.61. The quantitative estimate of drug-likeness (QED) is 0.847.